The Morgan fingerprint density at radius 1 is 1.21 bits per heavy atom. The minimum atomic E-state index is -4.24. The van der Waals surface area contributed by atoms with E-state index in [0.717, 1.165) is 9.87 Å². The van der Waals surface area contributed by atoms with Gasteiger partial charge in [-0.25, -0.2) is 13.2 Å². The monoisotopic (exact) mass is 550 g/mol. The van der Waals surface area contributed by atoms with Crippen molar-refractivity contribution in [2.75, 3.05) is 32.0 Å². The van der Waals surface area contributed by atoms with Crippen LogP contribution in [0.4, 0.5) is 10.5 Å². The number of nitrogens with one attached hydrogen (secondary N) is 1. The molecule has 0 saturated carbocycles. The SMILES string of the molecule is [2H]C([2H])([2H])C(C)CN(C[C@@H](O)[C@H](Cc1ccccc1)NC(=O)O[C@H]1CO[C@H]2OCC[C@H]21)S(=O)(=O)c1ccc(N)cc1. The van der Waals surface area contributed by atoms with E-state index in [0.29, 0.717) is 18.7 Å². The van der Waals surface area contributed by atoms with Crippen LogP contribution in [0.15, 0.2) is 59.5 Å². The van der Waals surface area contributed by atoms with Gasteiger partial charge in [0.2, 0.25) is 10.0 Å². The van der Waals surface area contributed by atoms with Crippen LogP contribution in [0.3, 0.4) is 0 Å². The second-order valence-corrected chi connectivity index (χ2v) is 11.7. The lowest BCUT2D eigenvalue weighted by atomic mass is 10.0. The summed E-state index contributed by atoms with van der Waals surface area (Å²) < 4.78 is 68.2. The van der Waals surface area contributed by atoms with Crippen molar-refractivity contribution in [1.29, 1.82) is 0 Å². The molecule has 38 heavy (non-hydrogen) atoms. The van der Waals surface area contributed by atoms with Gasteiger partial charge in [0.05, 0.1) is 36.2 Å². The van der Waals surface area contributed by atoms with Crippen LogP contribution in [-0.4, -0.2) is 74.8 Å². The van der Waals surface area contributed by atoms with Gasteiger partial charge in [-0.3, -0.25) is 0 Å². The Bertz CT molecular complexity index is 1270. The first-order valence-corrected chi connectivity index (χ1v) is 14.1. The lowest BCUT2D eigenvalue weighted by Crippen LogP contribution is -2.51. The average molecular weight is 551 g/mol. The molecule has 2 aliphatic rings. The van der Waals surface area contributed by atoms with E-state index in [2.05, 4.69) is 5.32 Å². The molecule has 11 heteroatoms. The number of hydrogen-bond acceptors (Lipinski definition) is 8. The third-order valence-corrected chi connectivity index (χ3v) is 8.54. The maximum Gasteiger partial charge on any atom is 0.407 e. The quantitative estimate of drug-likeness (QED) is 0.362. The van der Waals surface area contributed by atoms with E-state index in [4.69, 9.17) is 24.1 Å². The molecule has 2 fully saturated rings. The summed E-state index contributed by atoms with van der Waals surface area (Å²) in [6, 6.07) is 13.6. The van der Waals surface area contributed by atoms with E-state index in [9.17, 15) is 18.3 Å². The molecule has 0 aliphatic carbocycles. The molecule has 4 N–H and O–H groups in total. The van der Waals surface area contributed by atoms with Crippen LogP contribution >= 0.6 is 0 Å². The molecule has 0 radical (unpaired) electrons. The van der Waals surface area contributed by atoms with Crippen molar-refractivity contribution < 1.29 is 36.6 Å². The highest BCUT2D eigenvalue weighted by Crippen LogP contribution is 2.33. The molecular formula is C27H37N3O7S. The Morgan fingerprint density at radius 2 is 1.95 bits per heavy atom. The van der Waals surface area contributed by atoms with Crippen molar-refractivity contribution in [1.82, 2.24) is 9.62 Å². The first-order chi connectivity index (χ1) is 19.3. The predicted octanol–water partition coefficient (Wildman–Crippen LogP) is 2.38. The molecule has 2 heterocycles. The Balaban J connectivity index is 1.55. The van der Waals surface area contributed by atoms with Gasteiger partial charge in [0.1, 0.15) is 6.10 Å². The van der Waals surface area contributed by atoms with Crippen LogP contribution in [-0.2, 0) is 30.7 Å². The van der Waals surface area contributed by atoms with Crippen molar-refractivity contribution in [2.45, 2.75) is 56.1 Å². The molecular weight excluding hydrogens is 510 g/mol. The van der Waals surface area contributed by atoms with E-state index in [-0.39, 0.29) is 30.4 Å². The molecule has 2 aromatic rings. The fourth-order valence-corrected chi connectivity index (χ4v) is 6.27. The van der Waals surface area contributed by atoms with Crippen molar-refractivity contribution in [3.63, 3.8) is 0 Å². The van der Waals surface area contributed by atoms with Crippen molar-refractivity contribution >= 4 is 21.8 Å². The smallest absolute Gasteiger partial charge is 0.407 e. The molecule has 2 aromatic carbocycles. The van der Waals surface area contributed by atoms with Crippen LogP contribution < -0.4 is 11.1 Å². The number of sulfonamides is 1. The zero-order valence-electron chi connectivity index (χ0n) is 24.2. The second-order valence-electron chi connectivity index (χ2n) is 9.77. The highest BCUT2D eigenvalue weighted by molar-refractivity contribution is 7.89. The molecule has 4 rings (SSSR count). The third-order valence-electron chi connectivity index (χ3n) is 6.70. The molecule has 2 saturated heterocycles. The molecule has 6 atom stereocenters. The van der Waals surface area contributed by atoms with Crippen LogP contribution in [0, 0.1) is 11.8 Å². The number of benzene rings is 2. The second kappa shape index (κ2) is 12.4. The summed E-state index contributed by atoms with van der Waals surface area (Å²) in [4.78, 5) is 12.9. The van der Waals surface area contributed by atoms with Crippen LogP contribution in [0.1, 0.15) is 29.9 Å². The Kier molecular flexibility index (Phi) is 7.97. The van der Waals surface area contributed by atoms with E-state index in [1.807, 2.05) is 30.3 Å². The van der Waals surface area contributed by atoms with E-state index < -0.39 is 60.0 Å². The number of fused-ring (bicyclic) bond motifs is 1. The number of alkyl carbamates (subject to hydrolysis) is 1. The van der Waals surface area contributed by atoms with Crippen molar-refractivity contribution in [2.24, 2.45) is 11.8 Å². The molecule has 2 aliphatic heterocycles. The number of aliphatic hydroxyl groups excluding tert-OH is 1. The number of rotatable bonds is 11. The lowest BCUT2D eigenvalue weighted by Gasteiger charge is -2.31. The maximum atomic E-state index is 13.6. The van der Waals surface area contributed by atoms with Crippen LogP contribution in [0.5, 0.6) is 0 Å². The molecule has 208 valence electrons. The molecule has 1 amide bonds. The highest BCUT2D eigenvalue weighted by atomic mass is 32.2. The summed E-state index contributed by atoms with van der Waals surface area (Å²) in [5.41, 5.74) is 6.87. The molecule has 1 unspecified atom stereocenters. The number of ether oxygens (including phenoxy) is 3. The number of amides is 1. The van der Waals surface area contributed by atoms with Crippen molar-refractivity contribution in [3.05, 3.63) is 60.2 Å². The average Bonchev–Trinajstić information content (AvgIpc) is 3.53. The summed E-state index contributed by atoms with van der Waals surface area (Å²) in [6.45, 7) is -1.17. The zero-order chi connectivity index (χ0) is 29.8. The first kappa shape index (κ1) is 24.3. The highest BCUT2D eigenvalue weighted by Gasteiger charge is 2.44. The van der Waals surface area contributed by atoms with E-state index in [1.54, 1.807) is 0 Å². The molecule has 0 spiro atoms. The van der Waals surface area contributed by atoms with Gasteiger partial charge in [0.25, 0.3) is 0 Å². The number of anilines is 1. The number of aliphatic hydroxyl groups is 1. The minimum absolute atomic E-state index is 0.0832. The van der Waals surface area contributed by atoms with Gasteiger partial charge in [0.15, 0.2) is 6.29 Å². The third kappa shape index (κ3) is 7.03. The number of nitrogens with two attached hydrogens (primary N) is 1. The van der Waals surface area contributed by atoms with Gasteiger partial charge >= 0.3 is 6.09 Å². The van der Waals surface area contributed by atoms with Gasteiger partial charge in [-0.2, -0.15) is 4.31 Å². The fraction of sp³-hybridized carbons (Fsp3) is 0.519. The normalized spacial score (nSPS) is 25.0. The largest absolute Gasteiger partial charge is 0.443 e. The summed E-state index contributed by atoms with van der Waals surface area (Å²) in [5.74, 6) is -1.12. The minimum Gasteiger partial charge on any atom is -0.443 e. The Hall–Kier alpha value is -2.70. The molecule has 0 aromatic heterocycles. The Labute approximate surface area is 228 Å². The number of nitrogen functional groups attached to an aromatic ring is 1. The van der Waals surface area contributed by atoms with E-state index >= 15 is 0 Å². The first-order valence-electron chi connectivity index (χ1n) is 14.1. The topological polar surface area (TPSA) is 140 Å². The fourth-order valence-electron chi connectivity index (χ4n) is 4.72. The summed E-state index contributed by atoms with van der Waals surface area (Å²) in [6.07, 6.45) is -2.27. The number of carbonyl (C=O) groups excluding carboxylic acids is 1. The number of carbonyl (C=O) groups is 1. The van der Waals surface area contributed by atoms with E-state index in [1.165, 1.54) is 31.2 Å². The number of hydrogen-bond donors (Lipinski definition) is 3. The maximum absolute atomic E-state index is 13.6. The van der Waals surface area contributed by atoms with Crippen molar-refractivity contribution in [3.8, 4) is 0 Å². The van der Waals surface area contributed by atoms with Crippen LogP contribution in [0.25, 0.3) is 0 Å². The molecule has 10 nitrogen and oxygen atoms in total. The van der Waals surface area contributed by atoms with Gasteiger partial charge < -0.3 is 30.4 Å². The summed E-state index contributed by atoms with van der Waals surface area (Å²) >= 11 is 0. The standard InChI is InChI=1S/C27H37N3O7S/c1-18(2)15-30(38(33,34)21-10-8-20(28)9-11-21)16-24(31)23(14-19-6-4-3-5-7-19)29-27(32)37-25-17-36-26-22(25)12-13-35-26/h3-11,18,22-26,31H,12-17,28H2,1-2H3,(H,29,32)/t22-,23-,24+,25-,26+/m0/s1/i1D3/t18?,22-,23-,24+,25-,26+. The summed E-state index contributed by atoms with van der Waals surface area (Å²) in [5, 5.41) is 14.1. The Morgan fingerprint density at radius 3 is 2.66 bits per heavy atom. The molecule has 0 bridgehead atoms. The van der Waals surface area contributed by atoms with Crippen LogP contribution in [0.2, 0.25) is 0 Å². The zero-order valence-corrected chi connectivity index (χ0v) is 22.0. The predicted molar refractivity (Wildman–Crippen MR) is 142 cm³/mol. The van der Waals surface area contributed by atoms with Gasteiger partial charge in [-0.05, 0) is 48.6 Å². The number of nitrogens with zero attached hydrogens (tertiary/aromatic N) is 1. The van der Waals surface area contributed by atoms with Gasteiger partial charge in [-0.15, -0.1) is 0 Å². The van der Waals surface area contributed by atoms with Gasteiger partial charge in [-0.1, -0.05) is 44.1 Å². The van der Waals surface area contributed by atoms with Gasteiger partial charge in [0, 0.05) is 22.9 Å². The lowest BCUT2D eigenvalue weighted by molar-refractivity contribution is -0.0907. The summed E-state index contributed by atoms with van der Waals surface area (Å²) in [7, 11) is -4.24.